The van der Waals surface area contributed by atoms with E-state index >= 15 is 0 Å². The van der Waals surface area contributed by atoms with Crippen molar-refractivity contribution in [1.82, 2.24) is 14.6 Å². The first kappa shape index (κ1) is 14.7. The fourth-order valence-corrected chi connectivity index (χ4v) is 3.03. The molecule has 1 aliphatic rings. The zero-order valence-corrected chi connectivity index (χ0v) is 13.4. The normalized spacial score (nSPS) is 15.4. The third kappa shape index (κ3) is 2.60. The zero-order valence-electron chi connectivity index (χ0n) is 13.4. The SMILES string of the molecule is C[C@@H](Nc1c(C(N)=O)cnn2cc(-c3cccnc3)cc12)C1CC1. The van der Waals surface area contributed by atoms with E-state index in [4.69, 9.17) is 5.73 Å². The molecule has 1 fully saturated rings. The minimum atomic E-state index is -0.473. The second-order valence-corrected chi connectivity index (χ2v) is 6.37. The van der Waals surface area contributed by atoms with Crippen LogP contribution >= 0.6 is 0 Å². The fourth-order valence-electron chi connectivity index (χ4n) is 3.03. The monoisotopic (exact) mass is 321 g/mol. The van der Waals surface area contributed by atoms with Crippen LogP contribution in [-0.2, 0) is 0 Å². The van der Waals surface area contributed by atoms with Gasteiger partial charge in [0.05, 0.1) is 23.0 Å². The van der Waals surface area contributed by atoms with Crippen LogP contribution in [0.2, 0.25) is 0 Å². The number of nitrogens with zero attached hydrogens (tertiary/aromatic N) is 3. The second kappa shape index (κ2) is 5.63. The molecule has 6 heteroatoms. The predicted octanol–water partition coefficient (Wildman–Crippen LogP) is 2.71. The average Bonchev–Trinajstić information content (AvgIpc) is 3.34. The Bertz CT molecular complexity index is 898. The van der Waals surface area contributed by atoms with Gasteiger partial charge >= 0.3 is 0 Å². The van der Waals surface area contributed by atoms with Crippen LogP contribution in [0.4, 0.5) is 5.69 Å². The van der Waals surface area contributed by atoms with E-state index in [1.807, 2.05) is 30.6 Å². The van der Waals surface area contributed by atoms with Gasteiger partial charge in [0.1, 0.15) is 0 Å². The van der Waals surface area contributed by atoms with Crippen molar-refractivity contribution >= 4 is 17.1 Å². The van der Waals surface area contributed by atoms with Gasteiger partial charge in [-0.15, -0.1) is 0 Å². The lowest BCUT2D eigenvalue weighted by Crippen LogP contribution is -2.22. The number of carbonyl (C=O) groups is 1. The van der Waals surface area contributed by atoms with Crippen LogP contribution in [0.5, 0.6) is 0 Å². The molecule has 3 N–H and O–H groups in total. The first-order valence-corrected chi connectivity index (χ1v) is 8.11. The highest BCUT2D eigenvalue weighted by Crippen LogP contribution is 2.36. The number of aromatic nitrogens is 3. The Hall–Kier alpha value is -2.89. The summed E-state index contributed by atoms with van der Waals surface area (Å²) in [5.41, 5.74) is 9.58. The number of fused-ring (bicyclic) bond motifs is 1. The van der Waals surface area contributed by atoms with E-state index in [9.17, 15) is 4.79 Å². The molecule has 4 rings (SSSR count). The highest BCUT2D eigenvalue weighted by Gasteiger charge is 2.29. The van der Waals surface area contributed by atoms with Crippen LogP contribution < -0.4 is 11.1 Å². The molecule has 0 bridgehead atoms. The molecule has 1 atom stereocenters. The summed E-state index contributed by atoms with van der Waals surface area (Å²) in [5.74, 6) is 0.186. The second-order valence-electron chi connectivity index (χ2n) is 6.37. The number of rotatable bonds is 5. The van der Waals surface area contributed by atoms with Crippen LogP contribution in [0.3, 0.4) is 0 Å². The summed E-state index contributed by atoms with van der Waals surface area (Å²) in [7, 11) is 0. The summed E-state index contributed by atoms with van der Waals surface area (Å²) >= 11 is 0. The van der Waals surface area contributed by atoms with Gasteiger partial charge in [-0.05, 0) is 37.8 Å². The smallest absolute Gasteiger partial charge is 0.252 e. The summed E-state index contributed by atoms with van der Waals surface area (Å²) in [4.78, 5) is 16.0. The minimum absolute atomic E-state index is 0.297. The Morgan fingerprint density at radius 2 is 2.21 bits per heavy atom. The maximum absolute atomic E-state index is 11.8. The van der Waals surface area contributed by atoms with E-state index in [0.717, 1.165) is 22.3 Å². The van der Waals surface area contributed by atoms with E-state index in [1.165, 1.54) is 19.0 Å². The van der Waals surface area contributed by atoms with Crippen molar-refractivity contribution in [3.05, 3.63) is 48.5 Å². The summed E-state index contributed by atoms with van der Waals surface area (Å²) in [5, 5.41) is 7.82. The van der Waals surface area contributed by atoms with E-state index in [1.54, 1.807) is 10.7 Å². The number of anilines is 1. The molecule has 1 amide bonds. The molecule has 3 aromatic heterocycles. The molecule has 0 aliphatic heterocycles. The largest absolute Gasteiger partial charge is 0.380 e. The molecular formula is C18H19N5O. The van der Waals surface area contributed by atoms with Crippen molar-refractivity contribution in [1.29, 1.82) is 0 Å². The number of nitrogens with two attached hydrogens (primary N) is 1. The quantitative estimate of drug-likeness (QED) is 0.756. The number of nitrogens with one attached hydrogen (secondary N) is 1. The molecule has 122 valence electrons. The molecule has 0 unspecified atom stereocenters. The van der Waals surface area contributed by atoms with E-state index in [2.05, 4.69) is 22.3 Å². The topological polar surface area (TPSA) is 85.3 Å². The molecule has 6 nitrogen and oxygen atoms in total. The van der Waals surface area contributed by atoms with Gasteiger partial charge in [0.25, 0.3) is 5.91 Å². The molecule has 1 aliphatic carbocycles. The van der Waals surface area contributed by atoms with Gasteiger partial charge in [0.15, 0.2) is 0 Å². The molecule has 0 aromatic carbocycles. The standard InChI is InChI=1S/C18H19N5O/c1-11(12-4-5-12)22-17-15(18(19)24)9-21-23-10-14(7-16(17)23)13-3-2-6-20-8-13/h2-3,6-12,22H,4-5H2,1H3,(H2,19,24)/t11-/m1/s1. The molecule has 3 heterocycles. The van der Waals surface area contributed by atoms with Crippen molar-refractivity contribution in [2.75, 3.05) is 5.32 Å². The van der Waals surface area contributed by atoms with Gasteiger partial charge in [0.2, 0.25) is 0 Å². The average molecular weight is 321 g/mol. The van der Waals surface area contributed by atoms with Crippen molar-refractivity contribution in [2.24, 2.45) is 11.7 Å². The zero-order chi connectivity index (χ0) is 16.7. The Labute approximate surface area is 139 Å². The maximum Gasteiger partial charge on any atom is 0.252 e. The molecular weight excluding hydrogens is 302 g/mol. The van der Waals surface area contributed by atoms with Crippen molar-refractivity contribution in [3.63, 3.8) is 0 Å². The van der Waals surface area contributed by atoms with Crippen molar-refractivity contribution in [2.45, 2.75) is 25.8 Å². The highest BCUT2D eigenvalue weighted by atomic mass is 16.1. The lowest BCUT2D eigenvalue weighted by Gasteiger charge is -2.17. The molecule has 0 radical (unpaired) electrons. The number of primary amides is 1. The number of carbonyl (C=O) groups excluding carboxylic acids is 1. The Morgan fingerprint density at radius 1 is 1.38 bits per heavy atom. The van der Waals surface area contributed by atoms with Crippen LogP contribution in [-0.4, -0.2) is 26.5 Å². The van der Waals surface area contributed by atoms with Crippen LogP contribution in [0, 0.1) is 5.92 Å². The first-order chi connectivity index (χ1) is 11.6. The number of amides is 1. The predicted molar refractivity (Wildman–Crippen MR) is 92.7 cm³/mol. The molecule has 1 saturated carbocycles. The number of pyridine rings is 1. The highest BCUT2D eigenvalue weighted by molar-refractivity contribution is 6.02. The molecule has 0 saturated heterocycles. The molecule has 0 spiro atoms. The van der Waals surface area contributed by atoms with Gasteiger partial charge in [-0.1, -0.05) is 6.07 Å². The third-order valence-electron chi connectivity index (χ3n) is 4.60. The van der Waals surface area contributed by atoms with Crippen LogP contribution in [0.1, 0.15) is 30.1 Å². The Balaban J connectivity index is 1.84. The molecule has 3 aromatic rings. The summed E-state index contributed by atoms with van der Waals surface area (Å²) in [6.07, 6.45) is 9.47. The van der Waals surface area contributed by atoms with E-state index < -0.39 is 5.91 Å². The van der Waals surface area contributed by atoms with E-state index in [-0.39, 0.29) is 0 Å². The van der Waals surface area contributed by atoms with Crippen molar-refractivity contribution in [3.8, 4) is 11.1 Å². The summed E-state index contributed by atoms with van der Waals surface area (Å²) < 4.78 is 1.77. The van der Waals surface area contributed by atoms with Gasteiger partial charge in [-0.25, -0.2) is 4.52 Å². The summed E-state index contributed by atoms with van der Waals surface area (Å²) in [6, 6.07) is 6.20. The van der Waals surface area contributed by atoms with Gasteiger partial charge in [0, 0.05) is 35.8 Å². The lowest BCUT2D eigenvalue weighted by molar-refractivity contribution is 0.100. The fraction of sp³-hybridized carbons (Fsp3) is 0.278. The third-order valence-corrected chi connectivity index (χ3v) is 4.60. The van der Waals surface area contributed by atoms with Gasteiger partial charge in [-0.2, -0.15) is 5.10 Å². The lowest BCUT2D eigenvalue weighted by atomic mass is 10.1. The van der Waals surface area contributed by atoms with Crippen LogP contribution in [0.15, 0.2) is 43.0 Å². The maximum atomic E-state index is 11.8. The Morgan fingerprint density at radius 3 is 2.88 bits per heavy atom. The number of hydrogen-bond acceptors (Lipinski definition) is 4. The van der Waals surface area contributed by atoms with Crippen LogP contribution in [0.25, 0.3) is 16.6 Å². The molecule has 24 heavy (non-hydrogen) atoms. The number of hydrogen-bond donors (Lipinski definition) is 2. The Kier molecular flexibility index (Phi) is 3.45. The minimum Gasteiger partial charge on any atom is -0.380 e. The van der Waals surface area contributed by atoms with Gasteiger partial charge < -0.3 is 11.1 Å². The first-order valence-electron chi connectivity index (χ1n) is 8.11. The summed E-state index contributed by atoms with van der Waals surface area (Å²) in [6.45, 7) is 2.14. The van der Waals surface area contributed by atoms with Crippen molar-refractivity contribution < 1.29 is 4.79 Å². The van der Waals surface area contributed by atoms with Gasteiger partial charge in [-0.3, -0.25) is 9.78 Å². The van der Waals surface area contributed by atoms with E-state index in [0.29, 0.717) is 17.5 Å².